The van der Waals surface area contributed by atoms with Gasteiger partial charge in [0.15, 0.2) is 0 Å². The molecule has 0 bridgehead atoms. The van der Waals surface area contributed by atoms with Gasteiger partial charge in [0.25, 0.3) is 0 Å². The first kappa shape index (κ1) is 11.7. The highest BCUT2D eigenvalue weighted by molar-refractivity contribution is 6.31. The lowest BCUT2D eigenvalue weighted by Gasteiger charge is -2.00. The molecule has 6 heteroatoms. The molecule has 0 spiro atoms. The fourth-order valence-electron chi connectivity index (χ4n) is 1.66. The van der Waals surface area contributed by atoms with Gasteiger partial charge >= 0.3 is 0 Å². The van der Waals surface area contributed by atoms with Gasteiger partial charge in [-0.2, -0.15) is 0 Å². The van der Waals surface area contributed by atoms with E-state index in [-0.39, 0.29) is 0 Å². The Balaban J connectivity index is 2.04. The Bertz CT molecular complexity index is 712. The number of halogens is 1. The average Bonchev–Trinajstić information content (AvgIpc) is 2.92. The van der Waals surface area contributed by atoms with E-state index in [1.165, 1.54) is 0 Å². The fourth-order valence-corrected chi connectivity index (χ4v) is 1.83. The van der Waals surface area contributed by atoms with Crippen LogP contribution in [0.2, 0.25) is 5.02 Å². The maximum absolute atomic E-state index is 5.94. The van der Waals surface area contributed by atoms with E-state index in [0.717, 1.165) is 5.56 Å². The second-order valence-electron chi connectivity index (χ2n) is 3.88. The Hall–Kier alpha value is -2.40. The van der Waals surface area contributed by atoms with Gasteiger partial charge in [0, 0.05) is 28.7 Å². The van der Waals surface area contributed by atoms with Crippen molar-refractivity contribution in [3.8, 4) is 22.9 Å². The first-order valence-electron chi connectivity index (χ1n) is 5.53. The van der Waals surface area contributed by atoms with Gasteiger partial charge in [-0.3, -0.25) is 4.98 Å². The van der Waals surface area contributed by atoms with Gasteiger partial charge in [-0.1, -0.05) is 11.6 Å². The Kier molecular flexibility index (Phi) is 2.89. The molecule has 5 nitrogen and oxygen atoms in total. The van der Waals surface area contributed by atoms with Crippen molar-refractivity contribution in [2.24, 2.45) is 0 Å². The topological polar surface area (TPSA) is 77.8 Å². The number of nitrogen functional groups attached to an aromatic ring is 1. The van der Waals surface area contributed by atoms with E-state index >= 15 is 0 Å². The summed E-state index contributed by atoms with van der Waals surface area (Å²) in [7, 11) is 0. The van der Waals surface area contributed by atoms with Crippen LogP contribution in [0.15, 0.2) is 47.1 Å². The molecule has 0 aliphatic carbocycles. The molecule has 1 aromatic carbocycles. The summed E-state index contributed by atoms with van der Waals surface area (Å²) >= 11 is 5.94. The van der Waals surface area contributed by atoms with Crippen molar-refractivity contribution in [3.63, 3.8) is 0 Å². The summed E-state index contributed by atoms with van der Waals surface area (Å²) in [5, 5.41) is 8.54. The minimum Gasteiger partial charge on any atom is -0.416 e. The van der Waals surface area contributed by atoms with Gasteiger partial charge in [-0.15, -0.1) is 10.2 Å². The maximum Gasteiger partial charge on any atom is 0.250 e. The third-order valence-corrected chi connectivity index (χ3v) is 2.83. The SMILES string of the molecule is Nc1ccc(Cl)cc1-c1nnc(-c2ccncc2)o1. The number of hydrogen-bond acceptors (Lipinski definition) is 5. The zero-order valence-electron chi connectivity index (χ0n) is 9.75. The zero-order valence-corrected chi connectivity index (χ0v) is 10.5. The van der Waals surface area contributed by atoms with Gasteiger partial charge in [-0.25, -0.2) is 0 Å². The van der Waals surface area contributed by atoms with Crippen LogP contribution in [-0.2, 0) is 0 Å². The normalized spacial score (nSPS) is 10.6. The predicted octanol–water partition coefficient (Wildman–Crippen LogP) is 3.03. The molecule has 0 aliphatic rings. The molecule has 0 atom stereocenters. The Labute approximate surface area is 114 Å². The number of anilines is 1. The van der Waals surface area contributed by atoms with Crippen LogP contribution in [0.4, 0.5) is 5.69 Å². The van der Waals surface area contributed by atoms with Gasteiger partial charge in [0.2, 0.25) is 11.8 Å². The largest absolute Gasteiger partial charge is 0.416 e. The molecule has 0 fully saturated rings. The monoisotopic (exact) mass is 272 g/mol. The molecule has 19 heavy (non-hydrogen) atoms. The summed E-state index contributed by atoms with van der Waals surface area (Å²) in [6.45, 7) is 0. The van der Waals surface area contributed by atoms with Crippen LogP contribution in [0.25, 0.3) is 22.9 Å². The molecular weight excluding hydrogens is 264 g/mol. The van der Waals surface area contributed by atoms with Gasteiger partial charge in [-0.05, 0) is 30.3 Å². The molecule has 3 rings (SSSR count). The zero-order chi connectivity index (χ0) is 13.2. The molecule has 3 aromatic rings. The number of rotatable bonds is 2. The third kappa shape index (κ3) is 2.28. The Morgan fingerprint density at radius 1 is 1.00 bits per heavy atom. The number of nitrogens with two attached hydrogens (primary N) is 1. The maximum atomic E-state index is 5.94. The Morgan fingerprint density at radius 3 is 2.53 bits per heavy atom. The summed E-state index contributed by atoms with van der Waals surface area (Å²) in [5.41, 5.74) is 7.84. The van der Waals surface area contributed by atoms with Crippen molar-refractivity contribution in [3.05, 3.63) is 47.7 Å². The number of pyridine rings is 1. The highest BCUT2D eigenvalue weighted by Crippen LogP contribution is 2.29. The van der Waals surface area contributed by atoms with Gasteiger partial charge < -0.3 is 10.2 Å². The number of benzene rings is 1. The van der Waals surface area contributed by atoms with Crippen molar-refractivity contribution in [1.29, 1.82) is 0 Å². The van der Waals surface area contributed by atoms with E-state index < -0.39 is 0 Å². The van der Waals surface area contributed by atoms with Crippen molar-refractivity contribution in [2.45, 2.75) is 0 Å². The smallest absolute Gasteiger partial charge is 0.250 e. The van der Waals surface area contributed by atoms with E-state index in [9.17, 15) is 0 Å². The molecule has 2 heterocycles. The van der Waals surface area contributed by atoms with Gasteiger partial charge in [0.05, 0.1) is 5.56 Å². The van der Waals surface area contributed by atoms with Crippen LogP contribution < -0.4 is 5.73 Å². The van der Waals surface area contributed by atoms with Gasteiger partial charge in [0.1, 0.15) is 0 Å². The fraction of sp³-hybridized carbons (Fsp3) is 0. The van der Waals surface area contributed by atoms with Crippen LogP contribution in [-0.4, -0.2) is 15.2 Å². The van der Waals surface area contributed by atoms with Crippen molar-refractivity contribution in [1.82, 2.24) is 15.2 Å². The average molecular weight is 273 g/mol. The molecular formula is C13H9ClN4O. The molecule has 0 aliphatic heterocycles. The van der Waals surface area contributed by atoms with E-state index in [1.807, 2.05) is 0 Å². The van der Waals surface area contributed by atoms with E-state index in [1.54, 1.807) is 42.7 Å². The number of hydrogen-bond donors (Lipinski definition) is 1. The summed E-state index contributed by atoms with van der Waals surface area (Å²) in [6, 6.07) is 8.69. The van der Waals surface area contributed by atoms with Crippen molar-refractivity contribution >= 4 is 17.3 Å². The summed E-state index contributed by atoms with van der Waals surface area (Å²) < 4.78 is 5.60. The summed E-state index contributed by atoms with van der Waals surface area (Å²) in [6.07, 6.45) is 3.32. The van der Waals surface area contributed by atoms with E-state index in [2.05, 4.69) is 15.2 Å². The third-order valence-electron chi connectivity index (χ3n) is 2.60. The molecule has 0 saturated carbocycles. The van der Waals surface area contributed by atoms with Crippen LogP contribution >= 0.6 is 11.6 Å². The van der Waals surface area contributed by atoms with Crippen molar-refractivity contribution < 1.29 is 4.42 Å². The van der Waals surface area contributed by atoms with Crippen molar-refractivity contribution in [2.75, 3.05) is 5.73 Å². The minimum atomic E-state index is 0.340. The highest BCUT2D eigenvalue weighted by atomic mass is 35.5. The first-order valence-corrected chi connectivity index (χ1v) is 5.91. The number of nitrogens with zero attached hydrogens (tertiary/aromatic N) is 3. The standard InChI is InChI=1S/C13H9ClN4O/c14-9-1-2-11(15)10(7-9)13-18-17-12(19-13)8-3-5-16-6-4-8/h1-7H,15H2. The second-order valence-corrected chi connectivity index (χ2v) is 4.32. The van der Waals surface area contributed by atoms with Crippen LogP contribution in [0, 0.1) is 0 Å². The molecule has 2 aromatic heterocycles. The minimum absolute atomic E-state index is 0.340. The second kappa shape index (κ2) is 4.70. The van der Waals surface area contributed by atoms with Crippen LogP contribution in [0.5, 0.6) is 0 Å². The summed E-state index contributed by atoms with van der Waals surface area (Å²) in [4.78, 5) is 3.93. The van der Waals surface area contributed by atoms with E-state index in [0.29, 0.717) is 28.1 Å². The summed E-state index contributed by atoms with van der Waals surface area (Å²) in [5.74, 6) is 0.753. The predicted molar refractivity (Wildman–Crippen MR) is 72.4 cm³/mol. The van der Waals surface area contributed by atoms with Crippen LogP contribution in [0.3, 0.4) is 0 Å². The lowest BCUT2D eigenvalue weighted by atomic mass is 10.2. The highest BCUT2D eigenvalue weighted by Gasteiger charge is 2.13. The molecule has 0 unspecified atom stereocenters. The number of aromatic nitrogens is 3. The Morgan fingerprint density at radius 2 is 1.74 bits per heavy atom. The lowest BCUT2D eigenvalue weighted by molar-refractivity contribution is 0.585. The lowest BCUT2D eigenvalue weighted by Crippen LogP contribution is -1.89. The molecule has 0 amide bonds. The molecule has 94 valence electrons. The quantitative estimate of drug-likeness (QED) is 0.726. The van der Waals surface area contributed by atoms with E-state index in [4.69, 9.17) is 21.8 Å². The van der Waals surface area contributed by atoms with Crippen LogP contribution in [0.1, 0.15) is 0 Å². The first-order chi connectivity index (χ1) is 9.24. The molecule has 0 radical (unpaired) electrons. The molecule has 0 saturated heterocycles. The molecule has 2 N–H and O–H groups in total.